The van der Waals surface area contributed by atoms with Gasteiger partial charge in [-0.1, -0.05) is 0 Å². The molecule has 0 bridgehead atoms. The molecule has 5 heteroatoms. The molecule has 106 valence electrons. The number of benzene rings is 1. The largest absolute Gasteiger partial charge is 0.486 e. The number of hydrogen-bond acceptors (Lipinski definition) is 4. The normalized spacial score (nSPS) is 14.2. The lowest BCUT2D eigenvalue weighted by Crippen LogP contribution is -2.34. The third-order valence-corrected chi connectivity index (χ3v) is 3.17. The van der Waals surface area contributed by atoms with E-state index in [9.17, 15) is 4.79 Å². The van der Waals surface area contributed by atoms with Crippen molar-refractivity contribution < 1.29 is 14.3 Å². The van der Waals surface area contributed by atoms with Crippen molar-refractivity contribution in [3.05, 3.63) is 23.8 Å². The zero-order chi connectivity index (χ0) is 14.5. The van der Waals surface area contributed by atoms with Crippen molar-refractivity contribution >= 4 is 5.91 Å². The molecule has 1 aliphatic rings. The molecule has 0 saturated carbocycles. The van der Waals surface area contributed by atoms with Gasteiger partial charge in [-0.25, -0.2) is 0 Å². The van der Waals surface area contributed by atoms with Crippen LogP contribution in [-0.4, -0.2) is 37.1 Å². The van der Waals surface area contributed by atoms with Crippen LogP contribution < -0.4 is 9.47 Å². The summed E-state index contributed by atoms with van der Waals surface area (Å²) in [6, 6.07) is 7.34. The zero-order valence-electron chi connectivity index (χ0n) is 11.8. The van der Waals surface area contributed by atoms with Crippen molar-refractivity contribution in [1.29, 1.82) is 5.26 Å². The number of nitriles is 1. The Hall–Kier alpha value is -2.22. The van der Waals surface area contributed by atoms with Crippen LogP contribution in [0.15, 0.2) is 18.2 Å². The van der Waals surface area contributed by atoms with Crippen LogP contribution in [-0.2, 0) is 0 Å². The summed E-state index contributed by atoms with van der Waals surface area (Å²) < 4.78 is 10.9. The minimum Gasteiger partial charge on any atom is -0.486 e. The van der Waals surface area contributed by atoms with Crippen LogP contribution in [0.5, 0.6) is 11.5 Å². The summed E-state index contributed by atoms with van der Waals surface area (Å²) >= 11 is 0. The Morgan fingerprint density at radius 1 is 1.40 bits per heavy atom. The van der Waals surface area contributed by atoms with Gasteiger partial charge in [0.2, 0.25) is 0 Å². The topological polar surface area (TPSA) is 62.6 Å². The molecule has 0 spiro atoms. The molecule has 1 aromatic carbocycles. The average molecular weight is 274 g/mol. The first-order chi connectivity index (χ1) is 9.65. The molecule has 2 rings (SSSR count). The fourth-order valence-corrected chi connectivity index (χ4v) is 2.09. The number of ether oxygens (including phenoxy) is 2. The van der Waals surface area contributed by atoms with E-state index in [0.29, 0.717) is 43.4 Å². The summed E-state index contributed by atoms with van der Waals surface area (Å²) in [7, 11) is 0. The third kappa shape index (κ3) is 3.02. The fourth-order valence-electron chi connectivity index (χ4n) is 2.09. The van der Waals surface area contributed by atoms with Crippen LogP contribution >= 0.6 is 0 Å². The smallest absolute Gasteiger partial charge is 0.254 e. The predicted molar refractivity (Wildman–Crippen MR) is 73.8 cm³/mol. The molecule has 0 radical (unpaired) electrons. The van der Waals surface area contributed by atoms with E-state index in [1.54, 1.807) is 30.0 Å². The summed E-state index contributed by atoms with van der Waals surface area (Å²) in [6.07, 6.45) is 0. The Kier molecular flexibility index (Phi) is 4.46. The Balaban J connectivity index is 2.17. The van der Waals surface area contributed by atoms with Crippen LogP contribution in [0, 0.1) is 17.2 Å². The van der Waals surface area contributed by atoms with Crippen molar-refractivity contribution in [3.8, 4) is 17.6 Å². The van der Waals surface area contributed by atoms with Gasteiger partial charge in [0.1, 0.15) is 13.2 Å². The lowest BCUT2D eigenvalue weighted by atomic mass is 10.1. The van der Waals surface area contributed by atoms with Crippen LogP contribution in [0.4, 0.5) is 0 Å². The van der Waals surface area contributed by atoms with Gasteiger partial charge in [-0.2, -0.15) is 5.26 Å². The third-order valence-electron chi connectivity index (χ3n) is 3.17. The van der Waals surface area contributed by atoms with E-state index in [1.807, 2.05) is 6.92 Å². The molecule has 20 heavy (non-hydrogen) atoms. The molecule has 0 aromatic heterocycles. The lowest BCUT2D eigenvalue weighted by Gasteiger charge is -2.23. The first-order valence-electron chi connectivity index (χ1n) is 6.74. The highest BCUT2D eigenvalue weighted by molar-refractivity contribution is 5.95. The first-order valence-corrected chi connectivity index (χ1v) is 6.74. The van der Waals surface area contributed by atoms with Gasteiger partial charge >= 0.3 is 0 Å². The van der Waals surface area contributed by atoms with Gasteiger partial charge in [0, 0.05) is 18.7 Å². The maximum absolute atomic E-state index is 12.4. The number of amides is 1. The van der Waals surface area contributed by atoms with Gasteiger partial charge in [0.25, 0.3) is 5.91 Å². The number of fused-ring (bicyclic) bond motifs is 1. The van der Waals surface area contributed by atoms with E-state index in [0.717, 1.165) is 0 Å². The second kappa shape index (κ2) is 6.29. The zero-order valence-corrected chi connectivity index (χ0v) is 11.8. The summed E-state index contributed by atoms with van der Waals surface area (Å²) in [6.45, 7) is 5.73. The summed E-state index contributed by atoms with van der Waals surface area (Å²) in [5.41, 5.74) is 0.557. The molecule has 0 unspecified atom stereocenters. The standard InChI is InChI=1S/C15H18N2O3/c1-3-17(10-11(2)9-16)15(18)12-4-5-13-14(8-12)20-7-6-19-13/h4-5,8,11H,3,6-7,10H2,1-2H3/t11-/m0/s1. The highest BCUT2D eigenvalue weighted by atomic mass is 16.6. The van der Waals surface area contributed by atoms with E-state index in [1.165, 1.54) is 0 Å². The number of rotatable bonds is 4. The molecule has 0 saturated heterocycles. The molecule has 0 fully saturated rings. The molecule has 1 amide bonds. The van der Waals surface area contributed by atoms with Gasteiger partial charge in [0.15, 0.2) is 11.5 Å². The second-order valence-corrected chi connectivity index (χ2v) is 4.73. The van der Waals surface area contributed by atoms with Crippen LogP contribution in [0.2, 0.25) is 0 Å². The van der Waals surface area contributed by atoms with E-state index in [4.69, 9.17) is 14.7 Å². The highest BCUT2D eigenvalue weighted by Gasteiger charge is 2.19. The molecule has 5 nitrogen and oxygen atoms in total. The van der Waals surface area contributed by atoms with Gasteiger partial charge < -0.3 is 14.4 Å². The van der Waals surface area contributed by atoms with Crippen molar-refractivity contribution in [1.82, 2.24) is 4.90 Å². The Morgan fingerprint density at radius 2 is 2.10 bits per heavy atom. The van der Waals surface area contributed by atoms with Gasteiger partial charge in [-0.15, -0.1) is 0 Å². The maximum atomic E-state index is 12.4. The van der Waals surface area contributed by atoms with Crippen molar-refractivity contribution in [2.24, 2.45) is 5.92 Å². The van der Waals surface area contributed by atoms with Gasteiger partial charge in [-0.05, 0) is 32.0 Å². The van der Waals surface area contributed by atoms with Gasteiger partial charge in [0.05, 0.1) is 12.0 Å². The Morgan fingerprint density at radius 3 is 2.75 bits per heavy atom. The van der Waals surface area contributed by atoms with Crippen molar-refractivity contribution in [3.63, 3.8) is 0 Å². The maximum Gasteiger partial charge on any atom is 0.254 e. The highest BCUT2D eigenvalue weighted by Crippen LogP contribution is 2.31. The molecule has 1 atom stereocenters. The summed E-state index contributed by atoms with van der Waals surface area (Å²) in [4.78, 5) is 14.1. The predicted octanol–water partition coefficient (Wildman–Crippen LogP) is 2.08. The van der Waals surface area contributed by atoms with E-state index in [-0.39, 0.29) is 11.8 Å². The Labute approximate surface area is 118 Å². The summed E-state index contributed by atoms with van der Waals surface area (Å²) in [5, 5.41) is 8.87. The molecule has 0 aliphatic carbocycles. The molecule has 0 N–H and O–H groups in total. The molecular formula is C15H18N2O3. The minimum absolute atomic E-state index is 0.0911. The number of nitrogens with zero attached hydrogens (tertiary/aromatic N) is 2. The molecule has 1 aliphatic heterocycles. The van der Waals surface area contributed by atoms with Crippen molar-refractivity contribution in [2.75, 3.05) is 26.3 Å². The van der Waals surface area contributed by atoms with Crippen LogP contribution in [0.1, 0.15) is 24.2 Å². The van der Waals surface area contributed by atoms with Crippen LogP contribution in [0.3, 0.4) is 0 Å². The number of hydrogen-bond donors (Lipinski definition) is 0. The monoisotopic (exact) mass is 274 g/mol. The van der Waals surface area contributed by atoms with Gasteiger partial charge in [-0.3, -0.25) is 4.79 Å². The van der Waals surface area contributed by atoms with E-state index >= 15 is 0 Å². The quantitative estimate of drug-likeness (QED) is 0.843. The second-order valence-electron chi connectivity index (χ2n) is 4.73. The van der Waals surface area contributed by atoms with Crippen LogP contribution in [0.25, 0.3) is 0 Å². The SMILES string of the molecule is CCN(C[C@@H](C)C#N)C(=O)c1ccc2c(c1)OCCO2. The first kappa shape index (κ1) is 14.2. The minimum atomic E-state index is -0.184. The molecule has 1 heterocycles. The molecule has 1 aromatic rings. The Bertz CT molecular complexity index is 536. The molecular weight excluding hydrogens is 256 g/mol. The summed E-state index contributed by atoms with van der Waals surface area (Å²) in [5.74, 6) is 0.996. The average Bonchev–Trinajstić information content (AvgIpc) is 2.51. The van der Waals surface area contributed by atoms with Crippen molar-refractivity contribution in [2.45, 2.75) is 13.8 Å². The van der Waals surface area contributed by atoms with E-state index < -0.39 is 0 Å². The fraction of sp³-hybridized carbons (Fsp3) is 0.467. The number of carbonyl (C=O) groups is 1. The van der Waals surface area contributed by atoms with E-state index in [2.05, 4.69) is 6.07 Å². The number of carbonyl (C=O) groups excluding carboxylic acids is 1. The lowest BCUT2D eigenvalue weighted by molar-refractivity contribution is 0.0751.